The van der Waals surface area contributed by atoms with Gasteiger partial charge in [-0.15, -0.1) is 0 Å². The predicted octanol–water partition coefficient (Wildman–Crippen LogP) is 0.882. The standard InChI is InChI=1S/C11H22N2O3/c1-8(12)9(14)16-10(2,3)6-7-15-11(4,5)13/h1,6-7,12-13H2,2-5H3. The Labute approximate surface area is 96.8 Å². The van der Waals surface area contributed by atoms with Crippen LogP contribution in [0.15, 0.2) is 12.3 Å². The summed E-state index contributed by atoms with van der Waals surface area (Å²) in [6.07, 6.45) is 0.534. The predicted molar refractivity (Wildman–Crippen MR) is 62.3 cm³/mol. The average molecular weight is 230 g/mol. The third-order valence-corrected chi connectivity index (χ3v) is 1.81. The lowest BCUT2D eigenvalue weighted by atomic mass is 10.1. The van der Waals surface area contributed by atoms with Gasteiger partial charge in [0.15, 0.2) is 0 Å². The van der Waals surface area contributed by atoms with Gasteiger partial charge in [-0.3, -0.25) is 0 Å². The summed E-state index contributed by atoms with van der Waals surface area (Å²) < 4.78 is 10.5. The summed E-state index contributed by atoms with van der Waals surface area (Å²) >= 11 is 0. The third-order valence-electron chi connectivity index (χ3n) is 1.81. The van der Waals surface area contributed by atoms with Crippen molar-refractivity contribution in [3.63, 3.8) is 0 Å². The molecule has 0 aromatic carbocycles. The van der Waals surface area contributed by atoms with E-state index in [9.17, 15) is 4.79 Å². The number of nitrogens with two attached hydrogens (primary N) is 2. The van der Waals surface area contributed by atoms with Crippen molar-refractivity contribution in [2.45, 2.75) is 45.4 Å². The Balaban J connectivity index is 4.06. The molecule has 0 saturated heterocycles. The lowest BCUT2D eigenvalue weighted by Gasteiger charge is -2.27. The van der Waals surface area contributed by atoms with Gasteiger partial charge in [0.1, 0.15) is 17.0 Å². The molecule has 0 rings (SSSR count). The molecular formula is C11H22N2O3. The molecule has 0 fully saturated rings. The summed E-state index contributed by atoms with van der Waals surface area (Å²) in [5.41, 5.74) is 9.44. The van der Waals surface area contributed by atoms with E-state index in [1.165, 1.54) is 0 Å². The SMILES string of the molecule is C=C(N)C(=O)OC(C)(C)CCOC(C)(C)N. The maximum absolute atomic E-state index is 11.2. The molecule has 94 valence electrons. The van der Waals surface area contributed by atoms with Crippen molar-refractivity contribution in [2.75, 3.05) is 6.61 Å². The zero-order valence-electron chi connectivity index (χ0n) is 10.5. The third kappa shape index (κ3) is 7.25. The van der Waals surface area contributed by atoms with Gasteiger partial charge in [0.05, 0.1) is 6.61 Å². The van der Waals surface area contributed by atoms with Crippen LogP contribution in [0.25, 0.3) is 0 Å². The van der Waals surface area contributed by atoms with Crippen molar-refractivity contribution in [3.05, 3.63) is 12.3 Å². The quantitative estimate of drug-likeness (QED) is 0.402. The Kier molecular flexibility index (Phi) is 4.96. The van der Waals surface area contributed by atoms with Crippen LogP contribution in [0.5, 0.6) is 0 Å². The molecule has 4 N–H and O–H groups in total. The number of ether oxygens (including phenoxy) is 2. The number of hydrogen-bond donors (Lipinski definition) is 2. The molecule has 0 heterocycles. The fourth-order valence-electron chi connectivity index (χ4n) is 0.927. The molecule has 0 aliphatic rings. The average Bonchev–Trinajstić information content (AvgIpc) is 1.99. The molecule has 0 unspecified atom stereocenters. The highest BCUT2D eigenvalue weighted by Gasteiger charge is 2.24. The Morgan fingerprint density at radius 1 is 1.31 bits per heavy atom. The van der Waals surface area contributed by atoms with Crippen LogP contribution in [0.3, 0.4) is 0 Å². The highest BCUT2D eigenvalue weighted by Crippen LogP contribution is 2.16. The summed E-state index contributed by atoms with van der Waals surface area (Å²) in [5.74, 6) is -0.600. The van der Waals surface area contributed by atoms with E-state index < -0.39 is 17.3 Å². The maximum Gasteiger partial charge on any atom is 0.354 e. The van der Waals surface area contributed by atoms with Crippen molar-refractivity contribution >= 4 is 5.97 Å². The van der Waals surface area contributed by atoms with Gasteiger partial charge in [0.2, 0.25) is 0 Å². The van der Waals surface area contributed by atoms with Gasteiger partial charge in [0.25, 0.3) is 0 Å². The fraction of sp³-hybridized carbons (Fsp3) is 0.727. The highest BCUT2D eigenvalue weighted by atomic mass is 16.6. The van der Waals surface area contributed by atoms with Crippen LogP contribution in [0.2, 0.25) is 0 Å². The Bertz CT molecular complexity index is 267. The molecule has 0 atom stereocenters. The molecule has 0 aromatic rings. The Morgan fingerprint density at radius 3 is 2.19 bits per heavy atom. The molecule has 0 spiro atoms. The Morgan fingerprint density at radius 2 is 1.81 bits per heavy atom. The minimum absolute atomic E-state index is 0.104. The molecule has 5 nitrogen and oxygen atoms in total. The monoisotopic (exact) mass is 230 g/mol. The van der Waals surface area contributed by atoms with E-state index in [1.807, 2.05) is 0 Å². The van der Waals surface area contributed by atoms with Crippen LogP contribution < -0.4 is 11.5 Å². The topological polar surface area (TPSA) is 87.6 Å². The minimum atomic E-state index is -0.683. The van der Waals surface area contributed by atoms with Crippen molar-refractivity contribution in [1.29, 1.82) is 0 Å². The van der Waals surface area contributed by atoms with Gasteiger partial charge in [-0.2, -0.15) is 0 Å². The number of rotatable bonds is 6. The normalized spacial score (nSPS) is 12.3. The zero-order valence-corrected chi connectivity index (χ0v) is 10.5. The van der Waals surface area contributed by atoms with Gasteiger partial charge in [-0.05, 0) is 27.7 Å². The number of carbonyl (C=O) groups excluding carboxylic acids is 1. The second-order valence-corrected chi connectivity index (χ2v) is 4.88. The van der Waals surface area contributed by atoms with E-state index in [-0.39, 0.29) is 5.70 Å². The van der Waals surface area contributed by atoms with E-state index in [4.69, 9.17) is 20.9 Å². The van der Waals surface area contributed by atoms with Crippen LogP contribution >= 0.6 is 0 Å². The van der Waals surface area contributed by atoms with Crippen LogP contribution in [0.4, 0.5) is 0 Å². The summed E-state index contributed by atoms with van der Waals surface area (Å²) in [4.78, 5) is 11.2. The lowest BCUT2D eigenvalue weighted by molar-refractivity contribution is -0.154. The molecule has 16 heavy (non-hydrogen) atoms. The summed E-state index contributed by atoms with van der Waals surface area (Å²) in [6, 6.07) is 0. The smallest absolute Gasteiger partial charge is 0.354 e. The van der Waals surface area contributed by atoms with Crippen molar-refractivity contribution in [1.82, 2.24) is 0 Å². The van der Waals surface area contributed by atoms with Crippen LogP contribution in [0.1, 0.15) is 34.1 Å². The molecule has 5 heteroatoms. The Hall–Kier alpha value is -1.07. The molecule has 0 saturated carbocycles. The highest BCUT2D eigenvalue weighted by molar-refractivity contribution is 5.86. The number of hydrogen-bond acceptors (Lipinski definition) is 5. The molecule has 0 radical (unpaired) electrons. The van der Waals surface area contributed by atoms with Crippen LogP contribution in [-0.4, -0.2) is 23.9 Å². The van der Waals surface area contributed by atoms with Gasteiger partial charge < -0.3 is 20.9 Å². The molecule has 0 aliphatic carbocycles. The number of esters is 1. The second-order valence-electron chi connectivity index (χ2n) is 4.88. The van der Waals surface area contributed by atoms with E-state index in [0.29, 0.717) is 13.0 Å². The number of carbonyl (C=O) groups is 1. The van der Waals surface area contributed by atoms with E-state index >= 15 is 0 Å². The van der Waals surface area contributed by atoms with Crippen LogP contribution in [-0.2, 0) is 14.3 Å². The van der Waals surface area contributed by atoms with Crippen molar-refractivity contribution in [3.8, 4) is 0 Å². The van der Waals surface area contributed by atoms with E-state index in [1.54, 1.807) is 27.7 Å². The zero-order chi connectivity index (χ0) is 13.0. The van der Waals surface area contributed by atoms with Gasteiger partial charge in [-0.1, -0.05) is 6.58 Å². The molecule has 0 aromatic heterocycles. The first kappa shape index (κ1) is 14.9. The van der Waals surface area contributed by atoms with E-state index in [0.717, 1.165) is 0 Å². The molecular weight excluding hydrogens is 208 g/mol. The van der Waals surface area contributed by atoms with Gasteiger partial charge in [0, 0.05) is 6.42 Å². The van der Waals surface area contributed by atoms with Crippen LogP contribution in [0, 0.1) is 0 Å². The summed E-state index contributed by atoms with van der Waals surface area (Å²) in [5, 5.41) is 0. The summed E-state index contributed by atoms with van der Waals surface area (Å²) in [7, 11) is 0. The van der Waals surface area contributed by atoms with Crippen molar-refractivity contribution in [2.24, 2.45) is 11.5 Å². The largest absolute Gasteiger partial charge is 0.455 e. The first-order valence-corrected chi connectivity index (χ1v) is 5.14. The molecule has 0 aliphatic heterocycles. The first-order chi connectivity index (χ1) is 7.03. The maximum atomic E-state index is 11.2. The molecule has 0 bridgehead atoms. The molecule has 0 amide bonds. The second kappa shape index (κ2) is 5.32. The lowest BCUT2D eigenvalue weighted by Crippen LogP contribution is -2.38. The van der Waals surface area contributed by atoms with Gasteiger partial charge in [-0.25, -0.2) is 4.79 Å². The van der Waals surface area contributed by atoms with Gasteiger partial charge >= 0.3 is 5.97 Å². The van der Waals surface area contributed by atoms with E-state index in [2.05, 4.69) is 6.58 Å². The fourth-order valence-corrected chi connectivity index (χ4v) is 0.927. The van der Waals surface area contributed by atoms with Crippen molar-refractivity contribution < 1.29 is 14.3 Å². The minimum Gasteiger partial charge on any atom is -0.455 e. The first-order valence-electron chi connectivity index (χ1n) is 5.14. The summed E-state index contributed by atoms with van der Waals surface area (Å²) in [6.45, 7) is 10.8.